The van der Waals surface area contributed by atoms with Gasteiger partial charge in [0.15, 0.2) is 0 Å². The summed E-state index contributed by atoms with van der Waals surface area (Å²) in [5, 5.41) is 0. The van der Waals surface area contributed by atoms with Crippen LogP contribution in [0, 0.1) is 0 Å². The van der Waals surface area contributed by atoms with Gasteiger partial charge >= 0.3 is 5.97 Å². The topological polar surface area (TPSA) is 69.0 Å². The minimum absolute atomic E-state index is 0.125. The molecule has 8 heteroatoms. The van der Waals surface area contributed by atoms with Gasteiger partial charge in [0.25, 0.3) is 5.91 Å². The zero-order valence-electron chi connectivity index (χ0n) is 18.8. The van der Waals surface area contributed by atoms with E-state index in [1.807, 2.05) is 30.3 Å². The first-order valence-electron chi connectivity index (χ1n) is 10.7. The molecule has 4 rings (SSSR count). The van der Waals surface area contributed by atoms with E-state index in [0.717, 1.165) is 16.9 Å². The smallest absolute Gasteiger partial charge is 0.338 e. The molecule has 2 heterocycles. The van der Waals surface area contributed by atoms with E-state index in [0.29, 0.717) is 45.9 Å². The van der Waals surface area contributed by atoms with Crippen LogP contribution in [0.25, 0.3) is 17.4 Å². The number of hydrogen-bond acceptors (Lipinski definition) is 7. The Kier molecular flexibility index (Phi) is 7.49. The summed E-state index contributed by atoms with van der Waals surface area (Å²) in [7, 11) is 1.63. The summed E-state index contributed by atoms with van der Waals surface area (Å²) >= 11 is 6.71. The molecule has 1 aliphatic rings. The number of nitrogens with zero attached hydrogens (tertiary/aromatic N) is 1. The van der Waals surface area contributed by atoms with Gasteiger partial charge in [0.05, 0.1) is 24.2 Å². The maximum Gasteiger partial charge on any atom is 0.338 e. The highest BCUT2D eigenvalue weighted by molar-refractivity contribution is 8.26. The molecular formula is C26H23NO5S2. The van der Waals surface area contributed by atoms with E-state index in [1.165, 1.54) is 11.8 Å². The molecule has 0 atom stereocenters. The van der Waals surface area contributed by atoms with E-state index in [-0.39, 0.29) is 11.9 Å². The lowest BCUT2D eigenvalue weighted by Gasteiger charge is -2.14. The second-order valence-corrected chi connectivity index (χ2v) is 9.11. The van der Waals surface area contributed by atoms with E-state index < -0.39 is 0 Å². The highest BCUT2D eigenvalue weighted by Gasteiger charge is 2.32. The molecule has 1 saturated heterocycles. The van der Waals surface area contributed by atoms with Gasteiger partial charge in [-0.2, -0.15) is 0 Å². The average molecular weight is 494 g/mol. The van der Waals surface area contributed by atoms with E-state index in [2.05, 4.69) is 0 Å². The molecule has 174 valence electrons. The van der Waals surface area contributed by atoms with Crippen LogP contribution >= 0.6 is 24.0 Å². The third-order valence-electron chi connectivity index (χ3n) is 5.24. The maximum absolute atomic E-state index is 12.9. The van der Waals surface area contributed by atoms with Crippen LogP contribution < -0.4 is 4.74 Å². The quantitative estimate of drug-likeness (QED) is 0.231. The van der Waals surface area contributed by atoms with Crippen LogP contribution in [-0.4, -0.2) is 41.4 Å². The van der Waals surface area contributed by atoms with Gasteiger partial charge in [-0.1, -0.05) is 48.2 Å². The number of esters is 1. The minimum Gasteiger partial charge on any atom is -0.497 e. The highest BCUT2D eigenvalue weighted by Crippen LogP contribution is 2.34. The van der Waals surface area contributed by atoms with Crippen LogP contribution in [0.1, 0.15) is 28.6 Å². The van der Waals surface area contributed by atoms with Crippen molar-refractivity contribution in [1.29, 1.82) is 0 Å². The van der Waals surface area contributed by atoms with E-state index in [9.17, 15) is 9.59 Å². The number of carbonyl (C=O) groups excluding carboxylic acids is 2. The summed E-state index contributed by atoms with van der Waals surface area (Å²) in [4.78, 5) is 26.9. The Morgan fingerprint density at radius 1 is 1.09 bits per heavy atom. The van der Waals surface area contributed by atoms with Crippen molar-refractivity contribution in [2.45, 2.75) is 13.3 Å². The summed E-state index contributed by atoms with van der Waals surface area (Å²) in [6, 6.07) is 18.4. The zero-order chi connectivity index (χ0) is 24.1. The Morgan fingerprint density at radius 3 is 2.50 bits per heavy atom. The number of carbonyl (C=O) groups is 2. The first-order valence-corrected chi connectivity index (χ1v) is 12.0. The number of benzene rings is 2. The second-order valence-electron chi connectivity index (χ2n) is 7.43. The second kappa shape index (κ2) is 10.7. The number of furan rings is 1. The number of thioether (sulfide) groups is 1. The lowest BCUT2D eigenvalue weighted by molar-refractivity contribution is -0.122. The third-order valence-corrected chi connectivity index (χ3v) is 6.62. The number of ether oxygens (including phenoxy) is 2. The number of rotatable bonds is 8. The molecule has 3 aromatic rings. The molecule has 0 radical (unpaired) electrons. The van der Waals surface area contributed by atoms with Gasteiger partial charge in [0, 0.05) is 18.2 Å². The van der Waals surface area contributed by atoms with E-state index >= 15 is 0 Å². The molecule has 1 aliphatic heterocycles. The molecular weight excluding hydrogens is 470 g/mol. The number of hydrogen-bond donors (Lipinski definition) is 0. The highest BCUT2D eigenvalue weighted by atomic mass is 32.2. The molecule has 34 heavy (non-hydrogen) atoms. The molecule has 0 spiro atoms. The van der Waals surface area contributed by atoms with E-state index in [4.69, 9.17) is 26.1 Å². The zero-order valence-corrected chi connectivity index (χ0v) is 20.4. The van der Waals surface area contributed by atoms with Gasteiger partial charge in [0.2, 0.25) is 0 Å². The third kappa shape index (κ3) is 5.40. The standard InChI is InChI=1S/C26H23NO5S2/c1-3-31-25(29)19-8-6-18(7-9-19)22-13-12-21(32-22)16-23-24(28)27(26(33)34-23)15-14-17-4-10-20(30-2)11-5-17/h4-13,16H,3,14-15H2,1-2H3. The van der Waals surface area contributed by atoms with Crippen molar-refractivity contribution in [1.82, 2.24) is 4.90 Å². The van der Waals surface area contributed by atoms with Crippen molar-refractivity contribution in [3.63, 3.8) is 0 Å². The molecule has 0 saturated carbocycles. The fraction of sp³-hybridized carbons (Fsp3) is 0.192. The van der Waals surface area contributed by atoms with Crippen LogP contribution in [0.2, 0.25) is 0 Å². The Hall–Kier alpha value is -3.36. The van der Waals surface area contributed by atoms with Crippen LogP contribution in [0.15, 0.2) is 70.0 Å². The summed E-state index contributed by atoms with van der Waals surface area (Å²) < 4.78 is 16.6. The van der Waals surface area contributed by atoms with Crippen LogP contribution in [0.4, 0.5) is 0 Å². The molecule has 0 aliphatic carbocycles. The predicted octanol–water partition coefficient (Wildman–Crippen LogP) is 5.58. The van der Waals surface area contributed by atoms with Crippen molar-refractivity contribution in [3.05, 3.63) is 82.5 Å². The largest absolute Gasteiger partial charge is 0.497 e. The minimum atomic E-state index is -0.358. The predicted molar refractivity (Wildman–Crippen MR) is 137 cm³/mol. The summed E-state index contributed by atoms with van der Waals surface area (Å²) in [5.74, 6) is 1.50. The van der Waals surface area contributed by atoms with Crippen molar-refractivity contribution < 1.29 is 23.5 Å². The molecule has 1 amide bonds. The monoisotopic (exact) mass is 493 g/mol. The summed E-state index contributed by atoms with van der Waals surface area (Å²) in [6.07, 6.45) is 2.40. The Bertz CT molecular complexity index is 1230. The van der Waals surface area contributed by atoms with Crippen LogP contribution in [0.5, 0.6) is 5.75 Å². The number of methoxy groups -OCH3 is 1. The molecule has 2 aromatic carbocycles. The van der Waals surface area contributed by atoms with Gasteiger partial charge in [-0.05, 0) is 55.3 Å². The lowest BCUT2D eigenvalue weighted by Crippen LogP contribution is -2.30. The molecule has 0 unspecified atom stereocenters. The number of amides is 1. The van der Waals surface area contributed by atoms with Gasteiger partial charge < -0.3 is 13.9 Å². The molecule has 6 nitrogen and oxygen atoms in total. The van der Waals surface area contributed by atoms with Crippen LogP contribution in [-0.2, 0) is 16.0 Å². The Balaban J connectivity index is 1.41. The van der Waals surface area contributed by atoms with Gasteiger partial charge in [-0.15, -0.1) is 0 Å². The Morgan fingerprint density at radius 2 is 1.82 bits per heavy atom. The molecule has 1 aromatic heterocycles. The van der Waals surface area contributed by atoms with Crippen molar-refractivity contribution in [2.75, 3.05) is 20.3 Å². The lowest BCUT2D eigenvalue weighted by atomic mass is 10.1. The first-order chi connectivity index (χ1) is 16.5. The normalized spacial score (nSPS) is 14.6. The van der Waals surface area contributed by atoms with E-state index in [1.54, 1.807) is 55.3 Å². The van der Waals surface area contributed by atoms with Gasteiger partial charge in [-0.25, -0.2) is 4.79 Å². The average Bonchev–Trinajstić information content (AvgIpc) is 3.42. The van der Waals surface area contributed by atoms with Gasteiger partial charge in [-0.3, -0.25) is 9.69 Å². The van der Waals surface area contributed by atoms with Crippen molar-refractivity contribution >= 4 is 46.3 Å². The SMILES string of the molecule is CCOC(=O)c1ccc(-c2ccc(C=C3SC(=S)N(CCc4ccc(OC)cc4)C3=O)o2)cc1. The Labute approximate surface area is 207 Å². The fourth-order valence-corrected chi connectivity index (χ4v) is 4.71. The number of thiocarbonyl (C=S) groups is 1. The van der Waals surface area contributed by atoms with Crippen LogP contribution in [0.3, 0.4) is 0 Å². The maximum atomic E-state index is 12.9. The summed E-state index contributed by atoms with van der Waals surface area (Å²) in [5.41, 5.74) is 2.40. The first kappa shape index (κ1) is 23.8. The summed E-state index contributed by atoms with van der Waals surface area (Å²) in [6.45, 7) is 2.60. The molecule has 0 bridgehead atoms. The van der Waals surface area contributed by atoms with Gasteiger partial charge in [0.1, 0.15) is 21.6 Å². The van der Waals surface area contributed by atoms with Crippen molar-refractivity contribution in [3.8, 4) is 17.1 Å². The molecule has 0 N–H and O–H groups in total. The van der Waals surface area contributed by atoms with Crippen molar-refractivity contribution in [2.24, 2.45) is 0 Å². The fourth-order valence-electron chi connectivity index (χ4n) is 3.43. The molecule has 1 fully saturated rings.